The number of benzene rings is 1. The van der Waals surface area contributed by atoms with E-state index in [1.54, 1.807) is 38.2 Å². The molecule has 1 saturated heterocycles. The van der Waals surface area contributed by atoms with Gasteiger partial charge in [-0.2, -0.15) is 13.2 Å². The van der Waals surface area contributed by atoms with E-state index in [1.165, 1.54) is 4.68 Å². The summed E-state index contributed by atoms with van der Waals surface area (Å²) >= 11 is 0. The number of ether oxygens (including phenoxy) is 1. The molecule has 32 heavy (non-hydrogen) atoms. The Bertz CT molecular complexity index is 971. The van der Waals surface area contributed by atoms with E-state index in [4.69, 9.17) is 14.6 Å². The number of nitrogens with zero attached hydrogens (tertiary/aromatic N) is 3. The second-order valence-corrected chi connectivity index (χ2v) is 6.84. The minimum Gasteiger partial charge on any atom is -0.475 e. The van der Waals surface area contributed by atoms with Crippen LogP contribution in [-0.4, -0.2) is 63.3 Å². The summed E-state index contributed by atoms with van der Waals surface area (Å²) in [6.07, 6.45) is -3.52. The van der Waals surface area contributed by atoms with E-state index in [0.717, 1.165) is 25.9 Å². The van der Waals surface area contributed by atoms with E-state index in [-0.39, 0.29) is 23.7 Å². The van der Waals surface area contributed by atoms with Crippen LogP contribution in [0.15, 0.2) is 24.3 Å². The Morgan fingerprint density at radius 2 is 1.88 bits per heavy atom. The summed E-state index contributed by atoms with van der Waals surface area (Å²) in [5.74, 6) is -3.50. The van der Waals surface area contributed by atoms with Gasteiger partial charge in [0, 0.05) is 12.7 Å². The molecular formula is C19H22F3N5O5. The van der Waals surface area contributed by atoms with E-state index < -0.39 is 12.1 Å². The smallest absolute Gasteiger partial charge is 0.475 e. The molecule has 0 bridgehead atoms. The SMILES string of the molecule is Cc1c(C(=O)Nc2cccc(C(=O)OC3CCNCC3)c2)nnn1C.O=C(O)C(F)(F)F. The Balaban J connectivity index is 0.000000451. The zero-order valence-electron chi connectivity index (χ0n) is 17.3. The second-order valence-electron chi connectivity index (χ2n) is 6.84. The summed E-state index contributed by atoms with van der Waals surface area (Å²) in [7, 11) is 1.72. The molecule has 0 aliphatic carbocycles. The topological polar surface area (TPSA) is 135 Å². The van der Waals surface area contributed by atoms with Crippen molar-refractivity contribution >= 4 is 23.5 Å². The highest BCUT2D eigenvalue weighted by atomic mass is 19.4. The van der Waals surface area contributed by atoms with Crippen LogP contribution in [0.1, 0.15) is 39.4 Å². The molecule has 0 spiro atoms. The Morgan fingerprint density at radius 3 is 2.41 bits per heavy atom. The number of carboxylic acid groups (broad SMARTS) is 1. The molecule has 0 radical (unpaired) electrons. The number of anilines is 1. The van der Waals surface area contributed by atoms with Crippen LogP contribution in [0.4, 0.5) is 18.9 Å². The Hall–Kier alpha value is -3.48. The van der Waals surface area contributed by atoms with Crippen LogP contribution < -0.4 is 10.6 Å². The Labute approximate surface area is 180 Å². The fraction of sp³-hybridized carbons (Fsp3) is 0.421. The molecule has 174 valence electrons. The molecule has 1 aromatic heterocycles. The van der Waals surface area contributed by atoms with Crippen molar-refractivity contribution in [2.75, 3.05) is 18.4 Å². The number of alkyl halides is 3. The van der Waals surface area contributed by atoms with Crippen LogP contribution in [0, 0.1) is 6.92 Å². The monoisotopic (exact) mass is 457 g/mol. The predicted molar refractivity (Wildman–Crippen MR) is 105 cm³/mol. The number of aryl methyl sites for hydroxylation is 1. The molecule has 10 nitrogen and oxygen atoms in total. The van der Waals surface area contributed by atoms with Crippen molar-refractivity contribution in [3.8, 4) is 0 Å². The van der Waals surface area contributed by atoms with Gasteiger partial charge >= 0.3 is 18.1 Å². The van der Waals surface area contributed by atoms with Crippen molar-refractivity contribution in [1.29, 1.82) is 0 Å². The quantitative estimate of drug-likeness (QED) is 0.593. The van der Waals surface area contributed by atoms with E-state index in [9.17, 15) is 22.8 Å². The summed E-state index contributed by atoms with van der Waals surface area (Å²) in [5.41, 5.74) is 1.84. The first-order valence-electron chi connectivity index (χ1n) is 9.48. The van der Waals surface area contributed by atoms with E-state index in [2.05, 4.69) is 20.9 Å². The first-order valence-corrected chi connectivity index (χ1v) is 9.48. The minimum absolute atomic E-state index is 0.0609. The van der Waals surface area contributed by atoms with Crippen LogP contribution >= 0.6 is 0 Å². The highest BCUT2D eigenvalue weighted by Crippen LogP contribution is 2.16. The third-order valence-corrected chi connectivity index (χ3v) is 4.48. The van der Waals surface area contributed by atoms with Gasteiger partial charge in [0.15, 0.2) is 5.69 Å². The molecule has 0 unspecified atom stereocenters. The van der Waals surface area contributed by atoms with Gasteiger partial charge in [-0.1, -0.05) is 11.3 Å². The molecule has 1 amide bonds. The third kappa shape index (κ3) is 7.04. The average molecular weight is 457 g/mol. The number of carbonyl (C=O) groups excluding carboxylic acids is 2. The van der Waals surface area contributed by atoms with Gasteiger partial charge in [-0.05, 0) is 51.1 Å². The lowest BCUT2D eigenvalue weighted by Gasteiger charge is -2.22. The number of esters is 1. The lowest BCUT2D eigenvalue weighted by Crippen LogP contribution is -2.33. The van der Waals surface area contributed by atoms with Crippen LogP contribution in [-0.2, 0) is 16.6 Å². The molecule has 1 fully saturated rings. The van der Waals surface area contributed by atoms with Gasteiger partial charge in [-0.3, -0.25) is 9.48 Å². The van der Waals surface area contributed by atoms with Gasteiger partial charge in [0.1, 0.15) is 6.10 Å². The maximum Gasteiger partial charge on any atom is 0.490 e. The number of hydrogen-bond acceptors (Lipinski definition) is 7. The van der Waals surface area contributed by atoms with Gasteiger partial charge in [0.2, 0.25) is 0 Å². The van der Waals surface area contributed by atoms with E-state index in [1.807, 2.05) is 0 Å². The Kier molecular flexibility index (Phi) is 8.29. The van der Waals surface area contributed by atoms with E-state index >= 15 is 0 Å². The predicted octanol–water partition coefficient (Wildman–Crippen LogP) is 1.92. The standard InChI is InChI=1S/C17H21N5O3.C2HF3O2/c1-11-15(20-21-22(11)2)16(23)19-13-5-3-4-12(10-13)17(24)25-14-6-8-18-9-7-14;3-2(4,5)1(6)7/h3-5,10,14,18H,6-9H2,1-2H3,(H,19,23);(H,6,7). The number of hydrogen-bond donors (Lipinski definition) is 3. The first-order chi connectivity index (χ1) is 15.0. The number of amides is 1. The van der Waals surface area contributed by atoms with Crippen LogP contribution in [0.2, 0.25) is 0 Å². The van der Waals surface area contributed by atoms with Crippen molar-refractivity contribution < 1.29 is 37.4 Å². The minimum atomic E-state index is -5.08. The number of carboxylic acids is 1. The Morgan fingerprint density at radius 1 is 1.25 bits per heavy atom. The first kappa shape index (κ1) is 24.8. The zero-order valence-corrected chi connectivity index (χ0v) is 17.3. The average Bonchev–Trinajstić information content (AvgIpc) is 3.07. The van der Waals surface area contributed by atoms with Gasteiger partial charge < -0.3 is 20.5 Å². The highest BCUT2D eigenvalue weighted by Gasteiger charge is 2.38. The van der Waals surface area contributed by atoms with Crippen molar-refractivity contribution in [2.45, 2.75) is 32.0 Å². The van der Waals surface area contributed by atoms with Crippen molar-refractivity contribution in [3.63, 3.8) is 0 Å². The molecule has 1 aliphatic heterocycles. The second kappa shape index (κ2) is 10.7. The van der Waals surface area contributed by atoms with Crippen LogP contribution in [0.5, 0.6) is 0 Å². The van der Waals surface area contributed by atoms with Gasteiger partial charge in [-0.25, -0.2) is 9.59 Å². The maximum absolute atomic E-state index is 12.3. The lowest BCUT2D eigenvalue weighted by atomic mass is 10.1. The number of halogens is 3. The van der Waals surface area contributed by atoms with Crippen molar-refractivity contribution in [3.05, 3.63) is 41.2 Å². The molecule has 13 heteroatoms. The number of carbonyl (C=O) groups is 3. The van der Waals surface area contributed by atoms with Crippen LogP contribution in [0.3, 0.4) is 0 Å². The normalized spacial score (nSPS) is 14.2. The summed E-state index contributed by atoms with van der Waals surface area (Å²) in [6.45, 7) is 3.47. The van der Waals surface area contributed by atoms with Crippen molar-refractivity contribution in [1.82, 2.24) is 20.3 Å². The van der Waals surface area contributed by atoms with Gasteiger partial charge in [-0.15, -0.1) is 5.10 Å². The molecule has 1 aliphatic rings. The summed E-state index contributed by atoms with van der Waals surface area (Å²) < 4.78 is 38.8. The molecule has 1 aromatic carbocycles. The molecule has 2 heterocycles. The number of nitrogens with one attached hydrogen (secondary N) is 2. The number of rotatable bonds is 4. The largest absolute Gasteiger partial charge is 0.490 e. The van der Waals surface area contributed by atoms with Gasteiger partial charge in [0.25, 0.3) is 5.91 Å². The molecular weight excluding hydrogens is 435 g/mol. The van der Waals surface area contributed by atoms with Crippen LogP contribution in [0.25, 0.3) is 0 Å². The van der Waals surface area contributed by atoms with Gasteiger partial charge in [0.05, 0.1) is 11.3 Å². The van der Waals surface area contributed by atoms with E-state index in [0.29, 0.717) is 16.9 Å². The number of piperidine rings is 1. The third-order valence-electron chi connectivity index (χ3n) is 4.48. The highest BCUT2D eigenvalue weighted by molar-refractivity contribution is 6.04. The molecule has 0 atom stereocenters. The fourth-order valence-electron chi connectivity index (χ4n) is 2.66. The summed E-state index contributed by atoms with van der Waals surface area (Å²) in [5, 5.41) is 20.8. The molecule has 3 rings (SSSR count). The molecule has 2 aromatic rings. The number of aromatic nitrogens is 3. The molecule has 3 N–H and O–H groups in total. The van der Waals surface area contributed by atoms with Crippen molar-refractivity contribution in [2.24, 2.45) is 7.05 Å². The lowest BCUT2D eigenvalue weighted by molar-refractivity contribution is -0.192. The fourth-order valence-corrected chi connectivity index (χ4v) is 2.66. The number of aliphatic carboxylic acids is 1. The summed E-state index contributed by atoms with van der Waals surface area (Å²) in [6, 6.07) is 6.70. The molecule has 0 saturated carbocycles. The zero-order chi connectivity index (χ0) is 23.9. The summed E-state index contributed by atoms with van der Waals surface area (Å²) in [4.78, 5) is 33.5. The maximum atomic E-state index is 12.3.